The quantitative estimate of drug-likeness (QED) is 0.233. The van der Waals surface area contributed by atoms with Crippen molar-refractivity contribution < 1.29 is 19.5 Å². The number of carbonyl (C=O) groups excluding carboxylic acids is 1. The molecule has 1 N–H and O–H groups in total. The van der Waals surface area contributed by atoms with Gasteiger partial charge in [0.15, 0.2) is 5.60 Å². The van der Waals surface area contributed by atoms with Crippen molar-refractivity contribution in [2.75, 3.05) is 6.61 Å². The molecule has 0 unspecified atom stereocenters. The number of aromatic nitrogens is 2. The molecule has 1 aliphatic carbocycles. The lowest BCUT2D eigenvalue weighted by Crippen LogP contribution is -2.44. The number of rotatable bonds is 5. The van der Waals surface area contributed by atoms with Crippen LogP contribution in [0, 0.1) is 5.92 Å². The minimum absolute atomic E-state index is 0.107. The summed E-state index contributed by atoms with van der Waals surface area (Å²) in [7, 11) is 0. The van der Waals surface area contributed by atoms with Gasteiger partial charge in [-0.3, -0.25) is 4.79 Å². The SMILES string of the molecule is CC[C@@]1(O)C(=O)OCc2c1cc1n(c2=O)Cc2c-1nc1ccccc1c2/C=N/OCC1CCCCCCC1. The number of oxime groups is 1. The first kappa shape index (κ1) is 24.8. The van der Waals surface area contributed by atoms with Gasteiger partial charge < -0.3 is 19.2 Å². The summed E-state index contributed by atoms with van der Waals surface area (Å²) < 4.78 is 6.84. The molecule has 0 bridgehead atoms. The molecule has 1 saturated carbocycles. The van der Waals surface area contributed by atoms with E-state index in [0.29, 0.717) is 41.6 Å². The van der Waals surface area contributed by atoms with Gasteiger partial charge in [-0.1, -0.05) is 62.4 Å². The minimum atomic E-state index is -1.85. The van der Waals surface area contributed by atoms with Gasteiger partial charge in [0.25, 0.3) is 5.56 Å². The molecule has 38 heavy (non-hydrogen) atoms. The topological polar surface area (TPSA) is 103 Å². The zero-order chi connectivity index (χ0) is 26.3. The number of hydrogen-bond acceptors (Lipinski definition) is 7. The second-order valence-corrected chi connectivity index (χ2v) is 10.7. The third-order valence-electron chi connectivity index (χ3n) is 8.43. The average molecular weight is 516 g/mol. The zero-order valence-corrected chi connectivity index (χ0v) is 21.7. The van der Waals surface area contributed by atoms with Crippen LogP contribution in [-0.4, -0.2) is 33.4 Å². The Labute approximate surface area is 221 Å². The fourth-order valence-electron chi connectivity index (χ4n) is 6.15. The molecule has 0 radical (unpaired) electrons. The molecule has 0 spiro atoms. The van der Waals surface area contributed by atoms with E-state index < -0.39 is 11.6 Å². The molecule has 1 aromatic carbocycles. The summed E-state index contributed by atoms with van der Waals surface area (Å²) in [5, 5.41) is 16.4. The van der Waals surface area contributed by atoms with Gasteiger partial charge in [0, 0.05) is 22.1 Å². The monoisotopic (exact) mass is 515 g/mol. The van der Waals surface area contributed by atoms with Crippen LogP contribution in [0.25, 0.3) is 22.3 Å². The van der Waals surface area contributed by atoms with Crippen LogP contribution in [0.15, 0.2) is 40.3 Å². The fourth-order valence-corrected chi connectivity index (χ4v) is 6.15. The molecule has 2 aromatic heterocycles. The first-order chi connectivity index (χ1) is 18.5. The number of hydrogen-bond donors (Lipinski definition) is 1. The molecule has 4 heterocycles. The van der Waals surface area contributed by atoms with Crippen molar-refractivity contribution >= 4 is 23.1 Å². The number of pyridine rings is 2. The lowest BCUT2D eigenvalue weighted by Gasteiger charge is -2.31. The van der Waals surface area contributed by atoms with Crippen LogP contribution < -0.4 is 5.56 Å². The Morgan fingerprint density at radius 2 is 1.92 bits per heavy atom. The van der Waals surface area contributed by atoms with E-state index in [1.54, 1.807) is 23.8 Å². The normalized spacial score (nSPS) is 21.5. The highest BCUT2D eigenvalue weighted by molar-refractivity contribution is 6.02. The van der Waals surface area contributed by atoms with Crippen LogP contribution in [0.3, 0.4) is 0 Å². The number of ether oxygens (including phenoxy) is 1. The number of esters is 1. The lowest BCUT2D eigenvalue weighted by molar-refractivity contribution is -0.172. The molecular weight excluding hydrogens is 482 g/mol. The highest BCUT2D eigenvalue weighted by atomic mass is 16.6. The smallest absolute Gasteiger partial charge is 0.343 e. The molecule has 8 nitrogen and oxygen atoms in total. The molecule has 198 valence electrons. The second-order valence-electron chi connectivity index (χ2n) is 10.7. The molecule has 3 aliphatic rings. The summed E-state index contributed by atoms with van der Waals surface area (Å²) in [6, 6.07) is 9.55. The summed E-state index contributed by atoms with van der Waals surface area (Å²) in [5.41, 5.74) is 2.25. The number of aliphatic hydroxyl groups is 1. The lowest BCUT2D eigenvalue weighted by atomic mass is 9.86. The van der Waals surface area contributed by atoms with Gasteiger partial charge in [0.05, 0.1) is 35.2 Å². The van der Waals surface area contributed by atoms with Crippen LogP contribution >= 0.6 is 0 Å². The van der Waals surface area contributed by atoms with Gasteiger partial charge in [-0.25, -0.2) is 9.78 Å². The third kappa shape index (κ3) is 4.11. The Morgan fingerprint density at radius 3 is 2.71 bits per heavy atom. The van der Waals surface area contributed by atoms with Crippen LogP contribution in [0.1, 0.15) is 80.5 Å². The van der Waals surface area contributed by atoms with Crippen molar-refractivity contribution in [3.05, 3.63) is 62.9 Å². The molecule has 2 aliphatic heterocycles. The number of carbonyl (C=O) groups is 1. The first-order valence-corrected chi connectivity index (χ1v) is 13.8. The van der Waals surface area contributed by atoms with E-state index in [4.69, 9.17) is 14.6 Å². The maximum Gasteiger partial charge on any atom is 0.343 e. The zero-order valence-electron chi connectivity index (χ0n) is 21.7. The Balaban J connectivity index is 1.39. The van der Waals surface area contributed by atoms with E-state index >= 15 is 0 Å². The van der Waals surface area contributed by atoms with Crippen LogP contribution in [0.5, 0.6) is 0 Å². The Morgan fingerprint density at radius 1 is 1.16 bits per heavy atom. The summed E-state index contributed by atoms with van der Waals surface area (Å²) in [6.45, 7) is 2.48. The van der Waals surface area contributed by atoms with Crippen LogP contribution in [0.2, 0.25) is 0 Å². The van der Waals surface area contributed by atoms with Gasteiger partial charge >= 0.3 is 5.97 Å². The Kier molecular flexibility index (Phi) is 6.51. The highest BCUT2D eigenvalue weighted by Crippen LogP contribution is 2.39. The maximum atomic E-state index is 13.6. The van der Waals surface area contributed by atoms with Crippen molar-refractivity contribution in [2.24, 2.45) is 11.1 Å². The number of cyclic esters (lactones) is 1. The largest absolute Gasteiger partial charge is 0.458 e. The van der Waals surface area contributed by atoms with E-state index in [0.717, 1.165) is 22.0 Å². The molecule has 1 atom stereocenters. The van der Waals surface area contributed by atoms with Crippen molar-refractivity contribution in [3.8, 4) is 11.4 Å². The van der Waals surface area contributed by atoms with Crippen LogP contribution in [0.4, 0.5) is 0 Å². The van der Waals surface area contributed by atoms with E-state index in [9.17, 15) is 14.7 Å². The molecule has 8 heteroatoms. The second kappa shape index (κ2) is 9.98. The van der Waals surface area contributed by atoms with Crippen molar-refractivity contribution in [3.63, 3.8) is 0 Å². The number of benzene rings is 1. The van der Waals surface area contributed by atoms with Gasteiger partial charge in [-0.15, -0.1) is 0 Å². The van der Waals surface area contributed by atoms with E-state index in [2.05, 4.69) is 5.16 Å². The molecular formula is C30H33N3O5. The number of fused-ring (bicyclic) bond motifs is 5. The number of para-hydroxylation sites is 1. The predicted molar refractivity (Wildman–Crippen MR) is 144 cm³/mol. The summed E-state index contributed by atoms with van der Waals surface area (Å²) in [5.74, 6) is -0.195. The third-order valence-corrected chi connectivity index (χ3v) is 8.43. The van der Waals surface area contributed by atoms with Gasteiger partial charge in [-0.2, -0.15) is 0 Å². The Hall–Kier alpha value is -3.52. The summed E-state index contributed by atoms with van der Waals surface area (Å²) >= 11 is 0. The predicted octanol–water partition coefficient (Wildman–Crippen LogP) is 4.79. The average Bonchev–Trinajstić information content (AvgIpc) is 3.28. The summed E-state index contributed by atoms with van der Waals surface area (Å²) in [4.78, 5) is 36.7. The molecule has 0 amide bonds. The molecule has 1 fully saturated rings. The number of nitrogens with zero attached hydrogens (tertiary/aromatic N) is 3. The fraction of sp³-hybridized carbons (Fsp3) is 0.467. The van der Waals surface area contributed by atoms with Gasteiger partial charge in [0.1, 0.15) is 13.2 Å². The van der Waals surface area contributed by atoms with Crippen molar-refractivity contribution in [1.82, 2.24) is 9.55 Å². The van der Waals surface area contributed by atoms with Gasteiger partial charge in [0.2, 0.25) is 0 Å². The first-order valence-electron chi connectivity index (χ1n) is 13.8. The Bertz CT molecular complexity index is 1490. The van der Waals surface area contributed by atoms with Crippen LogP contribution in [-0.2, 0) is 33.1 Å². The van der Waals surface area contributed by atoms with E-state index in [1.807, 2.05) is 24.3 Å². The highest BCUT2D eigenvalue weighted by Gasteiger charge is 2.45. The minimum Gasteiger partial charge on any atom is -0.458 e. The van der Waals surface area contributed by atoms with Crippen molar-refractivity contribution in [1.29, 1.82) is 0 Å². The molecule has 6 rings (SSSR count). The molecule has 3 aromatic rings. The standard InChI is InChI=1S/C30H33N3O5/c1-2-30(36)24-14-26-27-22(16-33(26)28(34)23(24)18-37-29(30)35)21(20-12-8-9-13-25(20)32-27)15-31-38-17-19-10-6-4-3-5-7-11-19/h8-9,12-15,19,36H,2-7,10-11,16-18H2,1H3/b31-15+/t30-/m0/s1. The maximum absolute atomic E-state index is 13.6. The van der Waals surface area contributed by atoms with Crippen molar-refractivity contribution in [2.45, 2.75) is 77.0 Å². The van der Waals surface area contributed by atoms with E-state index in [-0.39, 0.29) is 18.6 Å². The van der Waals surface area contributed by atoms with Gasteiger partial charge in [-0.05, 0) is 37.3 Å². The molecule has 0 saturated heterocycles. The summed E-state index contributed by atoms with van der Waals surface area (Å²) in [6.07, 6.45) is 10.7. The van der Waals surface area contributed by atoms with E-state index in [1.165, 1.54) is 44.9 Å².